The summed E-state index contributed by atoms with van der Waals surface area (Å²) in [4.78, 5) is 4.13. The van der Waals surface area contributed by atoms with Crippen molar-refractivity contribution in [2.75, 3.05) is 5.73 Å². The van der Waals surface area contributed by atoms with Crippen molar-refractivity contribution in [2.24, 2.45) is 0 Å². The molecule has 3 heterocycles. The zero-order chi connectivity index (χ0) is 14.2. The van der Waals surface area contributed by atoms with E-state index in [-0.39, 0.29) is 0 Å². The summed E-state index contributed by atoms with van der Waals surface area (Å²) in [6.07, 6.45) is 3.47. The third-order valence-electron chi connectivity index (χ3n) is 3.65. The molecule has 0 amide bonds. The van der Waals surface area contributed by atoms with Crippen LogP contribution in [0, 0.1) is 0 Å². The van der Waals surface area contributed by atoms with Gasteiger partial charge < -0.3 is 15.0 Å². The predicted molar refractivity (Wildman–Crippen MR) is 78.1 cm³/mol. The number of aromatic nitrogens is 2. The molecule has 0 bridgehead atoms. The van der Waals surface area contributed by atoms with Crippen LogP contribution in [0.5, 0.6) is 0 Å². The zero-order valence-electron chi connectivity index (χ0n) is 11.2. The molecule has 0 atom stereocenters. The standard InChI is InChI=1S/C16H13N3O2/c17-16-14(11-2-1-5-18-7-11)15(21-19-16)10-3-4-12-8-20-9-13(12)6-10/h1-7H,8-9H2,(H2,17,19). The van der Waals surface area contributed by atoms with Crippen molar-refractivity contribution in [3.63, 3.8) is 0 Å². The molecule has 0 radical (unpaired) electrons. The number of hydrogen-bond donors (Lipinski definition) is 1. The third-order valence-corrected chi connectivity index (χ3v) is 3.65. The van der Waals surface area contributed by atoms with Crippen molar-refractivity contribution in [3.05, 3.63) is 53.9 Å². The Kier molecular flexibility index (Phi) is 2.72. The van der Waals surface area contributed by atoms with Crippen LogP contribution in [-0.4, -0.2) is 10.1 Å². The van der Waals surface area contributed by atoms with Gasteiger partial charge in [0.2, 0.25) is 0 Å². The summed E-state index contributed by atoms with van der Waals surface area (Å²) in [5.74, 6) is 1.03. The first kappa shape index (κ1) is 12.1. The molecule has 1 aliphatic heterocycles. The molecule has 0 aliphatic carbocycles. The summed E-state index contributed by atoms with van der Waals surface area (Å²) in [6, 6.07) is 9.94. The van der Waals surface area contributed by atoms with E-state index in [0.29, 0.717) is 24.8 Å². The SMILES string of the molecule is Nc1noc(-c2ccc3c(c2)COC3)c1-c1cccnc1. The minimum atomic E-state index is 0.370. The predicted octanol–water partition coefficient (Wildman–Crippen LogP) is 3.02. The molecule has 1 aromatic carbocycles. The lowest BCUT2D eigenvalue weighted by atomic mass is 10.00. The highest BCUT2D eigenvalue weighted by Crippen LogP contribution is 2.37. The molecule has 4 rings (SSSR count). The van der Waals surface area contributed by atoms with Gasteiger partial charge in [-0.25, -0.2) is 0 Å². The first-order valence-corrected chi connectivity index (χ1v) is 6.68. The van der Waals surface area contributed by atoms with Gasteiger partial charge in [-0.15, -0.1) is 0 Å². The second-order valence-corrected chi connectivity index (χ2v) is 4.99. The number of fused-ring (bicyclic) bond motifs is 1. The number of ether oxygens (including phenoxy) is 1. The Morgan fingerprint density at radius 3 is 2.81 bits per heavy atom. The lowest BCUT2D eigenvalue weighted by Gasteiger charge is -2.04. The van der Waals surface area contributed by atoms with E-state index in [1.165, 1.54) is 11.1 Å². The first-order valence-electron chi connectivity index (χ1n) is 6.68. The summed E-state index contributed by atoms with van der Waals surface area (Å²) >= 11 is 0. The number of hydrogen-bond acceptors (Lipinski definition) is 5. The normalized spacial score (nSPS) is 13.3. The van der Waals surface area contributed by atoms with Crippen molar-refractivity contribution in [2.45, 2.75) is 13.2 Å². The second-order valence-electron chi connectivity index (χ2n) is 4.99. The topological polar surface area (TPSA) is 74.2 Å². The smallest absolute Gasteiger partial charge is 0.176 e. The molecule has 0 saturated carbocycles. The summed E-state index contributed by atoms with van der Waals surface area (Å²) < 4.78 is 10.9. The van der Waals surface area contributed by atoms with Gasteiger partial charge in [0, 0.05) is 23.5 Å². The van der Waals surface area contributed by atoms with Crippen molar-refractivity contribution < 1.29 is 9.26 Å². The van der Waals surface area contributed by atoms with E-state index in [4.69, 9.17) is 15.0 Å². The molecule has 5 heteroatoms. The fraction of sp³-hybridized carbons (Fsp3) is 0.125. The third kappa shape index (κ3) is 1.98. The van der Waals surface area contributed by atoms with Gasteiger partial charge in [-0.2, -0.15) is 0 Å². The molecule has 5 nitrogen and oxygen atoms in total. The van der Waals surface area contributed by atoms with E-state index in [9.17, 15) is 0 Å². The van der Waals surface area contributed by atoms with Gasteiger partial charge in [-0.3, -0.25) is 4.98 Å². The van der Waals surface area contributed by atoms with Crippen molar-refractivity contribution >= 4 is 5.82 Å². The van der Waals surface area contributed by atoms with Crippen LogP contribution in [0.25, 0.3) is 22.5 Å². The average Bonchev–Trinajstić information content (AvgIpc) is 3.13. The van der Waals surface area contributed by atoms with Gasteiger partial charge in [-0.1, -0.05) is 23.4 Å². The van der Waals surface area contributed by atoms with E-state index in [2.05, 4.69) is 22.3 Å². The highest BCUT2D eigenvalue weighted by Gasteiger charge is 2.20. The van der Waals surface area contributed by atoms with Crippen LogP contribution >= 0.6 is 0 Å². The molecule has 1 aliphatic rings. The Bertz CT molecular complexity index is 797. The number of anilines is 1. The summed E-state index contributed by atoms with van der Waals surface area (Å²) in [7, 11) is 0. The molecule has 0 unspecified atom stereocenters. The van der Waals surface area contributed by atoms with Gasteiger partial charge in [0.05, 0.1) is 18.8 Å². The highest BCUT2D eigenvalue weighted by molar-refractivity contribution is 5.86. The number of nitrogens with zero attached hydrogens (tertiary/aromatic N) is 2. The molecule has 0 fully saturated rings. The maximum atomic E-state index is 5.97. The fourth-order valence-corrected chi connectivity index (χ4v) is 2.60. The van der Waals surface area contributed by atoms with E-state index >= 15 is 0 Å². The Morgan fingerprint density at radius 1 is 1.05 bits per heavy atom. The van der Waals surface area contributed by atoms with Crippen LogP contribution in [0.2, 0.25) is 0 Å². The first-order chi connectivity index (χ1) is 10.3. The minimum Gasteiger partial charge on any atom is -0.380 e. The lowest BCUT2D eigenvalue weighted by Crippen LogP contribution is -1.90. The molecule has 0 saturated heterocycles. The largest absolute Gasteiger partial charge is 0.380 e. The average molecular weight is 279 g/mol. The van der Waals surface area contributed by atoms with Crippen LogP contribution in [-0.2, 0) is 18.0 Å². The van der Waals surface area contributed by atoms with Gasteiger partial charge in [0.25, 0.3) is 0 Å². The summed E-state index contributed by atoms with van der Waals surface area (Å²) in [6.45, 7) is 1.30. The van der Waals surface area contributed by atoms with Gasteiger partial charge in [-0.05, 0) is 23.3 Å². The van der Waals surface area contributed by atoms with Crippen molar-refractivity contribution in [1.29, 1.82) is 0 Å². The monoisotopic (exact) mass is 279 g/mol. The van der Waals surface area contributed by atoms with Crippen LogP contribution in [0.4, 0.5) is 5.82 Å². The molecule has 0 spiro atoms. The number of pyridine rings is 1. The van der Waals surface area contributed by atoms with Crippen molar-refractivity contribution in [3.8, 4) is 22.5 Å². The van der Waals surface area contributed by atoms with E-state index < -0.39 is 0 Å². The Hall–Kier alpha value is -2.66. The fourth-order valence-electron chi connectivity index (χ4n) is 2.60. The minimum absolute atomic E-state index is 0.370. The van der Waals surface area contributed by atoms with E-state index in [0.717, 1.165) is 16.7 Å². The molecule has 21 heavy (non-hydrogen) atoms. The second kappa shape index (κ2) is 4.71. The van der Waals surface area contributed by atoms with Crippen LogP contribution in [0.1, 0.15) is 11.1 Å². The number of benzene rings is 1. The maximum absolute atomic E-state index is 5.97. The van der Waals surface area contributed by atoms with Crippen LogP contribution in [0.3, 0.4) is 0 Å². The molecular weight excluding hydrogens is 266 g/mol. The maximum Gasteiger partial charge on any atom is 0.176 e. The Labute approximate surface area is 121 Å². The lowest BCUT2D eigenvalue weighted by molar-refractivity contribution is 0.134. The Morgan fingerprint density at radius 2 is 1.95 bits per heavy atom. The van der Waals surface area contributed by atoms with E-state index in [1.807, 2.05) is 18.2 Å². The number of nitrogens with two attached hydrogens (primary N) is 1. The molecular formula is C16H13N3O2. The van der Waals surface area contributed by atoms with Gasteiger partial charge in [0.1, 0.15) is 0 Å². The van der Waals surface area contributed by atoms with Gasteiger partial charge in [0.15, 0.2) is 11.6 Å². The van der Waals surface area contributed by atoms with Crippen LogP contribution in [0.15, 0.2) is 47.2 Å². The summed E-state index contributed by atoms with van der Waals surface area (Å²) in [5.41, 5.74) is 11.0. The number of nitrogen functional groups attached to an aromatic ring is 1. The molecule has 2 aromatic heterocycles. The summed E-state index contributed by atoms with van der Waals surface area (Å²) in [5, 5.41) is 3.91. The quantitative estimate of drug-likeness (QED) is 0.780. The van der Waals surface area contributed by atoms with Crippen molar-refractivity contribution in [1.82, 2.24) is 10.1 Å². The Balaban J connectivity index is 1.87. The van der Waals surface area contributed by atoms with Gasteiger partial charge >= 0.3 is 0 Å². The molecule has 2 N–H and O–H groups in total. The van der Waals surface area contributed by atoms with Crippen LogP contribution < -0.4 is 5.73 Å². The van der Waals surface area contributed by atoms with E-state index in [1.54, 1.807) is 12.4 Å². The molecule has 104 valence electrons. The molecule has 3 aromatic rings. The number of rotatable bonds is 2. The zero-order valence-corrected chi connectivity index (χ0v) is 11.2. The highest BCUT2D eigenvalue weighted by atomic mass is 16.5.